The highest BCUT2D eigenvalue weighted by atomic mass is 35.5. The maximum atomic E-state index is 12.5. The highest BCUT2D eigenvalue weighted by Gasteiger charge is 2.15. The van der Waals surface area contributed by atoms with Crippen molar-refractivity contribution in [3.05, 3.63) is 103 Å². The summed E-state index contributed by atoms with van der Waals surface area (Å²) in [7, 11) is 0. The molecule has 5 aromatic rings. The fourth-order valence-electron chi connectivity index (χ4n) is 4.18. The molecule has 0 fully saturated rings. The number of nitrogens with one attached hydrogen (secondary N) is 1. The van der Waals surface area contributed by atoms with Gasteiger partial charge in [0.05, 0.1) is 22.5 Å². The second-order valence-corrected chi connectivity index (χ2v) is 8.42. The summed E-state index contributed by atoms with van der Waals surface area (Å²) in [5.41, 5.74) is 9.01. The van der Waals surface area contributed by atoms with Gasteiger partial charge in [-0.15, -0.1) is 24.8 Å². The molecule has 0 atom stereocenters. The Hall–Kier alpha value is -3.88. The van der Waals surface area contributed by atoms with Gasteiger partial charge in [0.15, 0.2) is 0 Å². The van der Waals surface area contributed by atoms with Crippen molar-refractivity contribution in [2.45, 2.75) is 12.8 Å². The Kier molecular flexibility index (Phi) is 9.87. The molecule has 5 rings (SSSR count). The number of aliphatic hydroxyl groups is 1. The molecule has 0 radical (unpaired) electrons. The molecule has 3 aromatic heterocycles. The van der Waals surface area contributed by atoms with Crippen LogP contribution in [-0.4, -0.2) is 37.8 Å². The van der Waals surface area contributed by atoms with Gasteiger partial charge in [-0.25, -0.2) is 10.5 Å². The monoisotopic (exact) mass is 548 g/mol. The quantitative estimate of drug-likeness (QED) is 0.172. The van der Waals surface area contributed by atoms with Crippen molar-refractivity contribution in [1.82, 2.24) is 20.4 Å². The maximum Gasteiger partial charge on any atom is 0.275 e. The molecule has 9 heteroatoms. The van der Waals surface area contributed by atoms with Crippen LogP contribution in [0.5, 0.6) is 0 Å². The normalized spacial score (nSPS) is 10.4. The number of aromatic nitrogens is 3. The van der Waals surface area contributed by atoms with Gasteiger partial charge < -0.3 is 5.11 Å². The number of hydroxylamine groups is 1. The number of rotatable bonds is 7. The van der Waals surface area contributed by atoms with E-state index in [1.54, 1.807) is 30.1 Å². The van der Waals surface area contributed by atoms with Crippen molar-refractivity contribution in [3.8, 4) is 33.6 Å². The third-order valence-electron chi connectivity index (χ3n) is 6.11. The lowest BCUT2D eigenvalue weighted by molar-refractivity contribution is 0.0708. The summed E-state index contributed by atoms with van der Waals surface area (Å²) in [6.07, 6.45) is 6.59. The van der Waals surface area contributed by atoms with E-state index in [4.69, 9.17) is 10.1 Å². The number of nitrogens with zero attached hydrogens (tertiary/aromatic N) is 3. The standard InChI is InChI=1S/C29H24N4O3.2ClH/c34-15-1-2-19-3-5-20(6-4-19)21-7-9-22(10-8-21)27-16-24(29(35)33-36)25-18-31-26(17-28(25)32-27)23-11-13-30-14-12-23;;/h3-14,16-18,34,36H,1-2,15H2,(H,33,35);2*1H. The predicted octanol–water partition coefficient (Wildman–Crippen LogP) is 5.91. The molecule has 0 bridgehead atoms. The molecule has 3 N–H and O–H groups in total. The third-order valence-corrected chi connectivity index (χ3v) is 6.11. The van der Waals surface area contributed by atoms with Gasteiger partial charge in [0, 0.05) is 41.7 Å². The van der Waals surface area contributed by atoms with Crippen LogP contribution in [0.15, 0.2) is 91.4 Å². The molecule has 1 amide bonds. The lowest BCUT2D eigenvalue weighted by atomic mass is 9.99. The van der Waals surface area contributed by atoms with Gasteiger partial charge in [-0.1, -0.05) is 48.5 Å². The first-order valence-corrected chi connectivity index (χ1v) is 11.6. The van der Waals surface area contributed by atoms with Crippen LogP contribution in [0.25, 0.3) is 44.5 Å². The largest absolute Gasteiger partial charge is 0.396 e. The third kappa shape index (κ3) is 6.15. The number of pyridine rings is 3. The average molecular weight is 549 g/mol. The zero-order valence-corrected chi connectivity index (χ0v) is 21.9. The summed E-state index contributed by atoms with van der Waals surface area (Å²) in [5, 5.41) is 18.9. The van der Waals surface area contributed by atoms with Gasteiger partial charge in [-0.05, 0) is 53.8 Å². The Morgan fingerprint density at radius 1 is 0.789 bits per heavy atom. The number of benzene rings is 2. The number of aryl methyl sites for hydroxylation is 1. The fraction of sp³-hybridized carbons (Fsp3) is 0.103. The van der Waals surface area contributed by atoms with Crippen molar-refractivity contribution in [3.63, 3.8) is 0 Å². The van der Waals surface area contributed by atoms with Gasteiger partial charge in [0.1, 0.15) is 0 Å². The van der Waals surface area contributed by atoms with Crippen molar-refractivity contribution < 1.29 is 15.1 Å². The van der Waals surface area contributed by atoms with Crippen molar-refractivity contribution in [2.24, 2.45) is 0 Å². The Morgan fingerprint density at radius 2 is 1.39 bits per heavy atom. The predicted molar refractivity (Wildman–Crippen MR) is 153 cm³/mol. The molecule has 0 saturated heterocycles. The highest BCUT2D eigenvalue weighted by molar-refractivity contribution is 6.07. The SMILES string of the molecule is Cl.Cl.O=C(NO)c1cc(-c2ccc(-c3ccc(CCCO)cc3)cc2)nc2cc(-c3ccncc3)ncc12. The molecular weight excluding hydrogens is 523 g/mol. The van der Waals surface area contributed by atoms with Gasteiger partial charge in [0.25, 0.3) is 5.91 Å². The van der Waals surface area contributed by atoms with Crippen molar-refractivity contribution in [2.75, 3.05) is 6.61 Å². The number of fused-ring (bicyclic) bond motifs is 1. The molecule has 0 unspecified atom stereocenters. The molecule has 0 saturated carbocycles. The van der Waals surface area contributed by atoms with Crippen LogP contribution in [0.2, 0.25) is 0 Å². The number of halogens is 2. The molecule has 38 heavy (non-hydrogen) atoms. The lowest BCUT2D eigenvalue weighted by Crippen LogP contribution is -2.19. The minimum atomic E-state index is -0.625. The minimum absolute atomic E-state index is 0. The van der Waals surface area contributed by atoms with Gasteiger partial charge in [-0.3, -0.25) is 20.0 Å². The van der Waals surface area contributed by atoms with Crippen molar-refractivity contribution in [1.29, 1.82) is 0 Å². The fourth-order valence-corrected chi connectivity index (χ4v) is 4.18. The van der Waals surface area contributed by atoms with Crippen LogP contribution in [0, 0.1) is 0 Å². The number of carbonyl (C=O) groups excluding carboxylic acids is 1. The van der Waals surface area contributed by atoms with Crippen LogP contribution in [-0.2, 0) is 6.42 Å². The van der Waals surface area contributed by atoms with E-state index in [2.05, 4.69) is 34.2 Å². The molecule has 2 aromatic carbocycles. The number of carbonyl (C=O) groups is 1. The van der Waals surface area contributed by atoms with Crippen LogP contribution in [0.3, 0.4) is 0 Å². The second kappa shape index (κ2) is 13.1. The zero-order chi connectivity index (χ0) is 24.9. The maximum absolute atomic E-state index is 12.5. The molecule has 0 aliphatic rings. The van der Waals surface area contributed by atoms with Crippen molar-refractivity contribution >= 4 is 41.6 Å². The van der Waals surface area contributed by atoms with E-state index < -0.39 is 5.91 Å². The molecule has 0 aliphatic carbocycles. The van der Waals surface area contributed by atoms with E-state index in [9.17, 15) is 10.0 Å². The molecule has 3 heterocycles. The summed E-state index contributed by atoms with van der Waals surface area (Å²) in [5.74, 6) is -0.625. The molecule has 0 aliphatic heterocycles. The lowest BCUT2D eigenvalue weighted by Gasteiger charge is -2.11. The smallest absolute Gasteiger partial charge is 0.275 e. The summed E-state index contributed by atoms with van der Waals surface area (Å²) in [6, 6.07) is 23.5. The van der Waals surface area contributed by atoms with E-state index in [1.165, 1.54) is 5.56 Å². The number of amides is 1. The van der Waals surface area contributed by atoms with E-state index in [0.717, 1.165) is 35.1 Å². The zero-order valence-electron chi connectivity index (χ0n) is 20.2. The van der Waals surface area contributed by atoms with E-state index in [1.807, 2.05) is 42.5 Å². The van der Waals surface area contributed by atoms with E-state index >= 15 is 0 Å². The average Bonchev–Trinajstić information content (AvgIpc) is 2.95. The van der Waals surface area contributed by atoms with Crippen LogP contribution >= 0.6 is 24.8 Å². The number of hydrogen-bond donors (Lipinski definition) is 3. The topological polar surface area (TPSA) is 108 Å². The molecule has 0 spiro atoms. The Balaban J connectivity index is 0.00000200. The van der Waals surface area contributed by atoms with Crippen LogP contribution in [0.4, 0.5) is 0 Å². The Labute approximate surface area is 232 Å². The van der Waals surface area contributed by atoms with Gasteiger partial charge in [0.2, 0.25) is 0 Å². The Bertz CT molecular complexity index is 1510. The molecule has 7 nitrogen and oxygen atoms in total. The molecular formula is C29H26Cl2N4O3. The van der Waals surface area contributed by atoms with Crippen LogP contribution < -0.4 is 5.48 Å². The van der Waals surface area contributed by atoms with Gasteiger partial charge >= 0.3 is 0 Å². The highest BCUT2D eigenvalue weighted by Crippen LogP contribution is 2.29. The summed E-state index contributed by atoms with van der Waals surface area (Å²) >= 11 is 0. The first-order valence-electron chi connectivity index (χ1n) is 11.6. The molecule has 194 valence electrons. The van der Waals surface area contributed by atoms with E-state index in [-0.39, 0.29) is 37.0 Å². The first-order chi connectivity index (χ1) is 17.7. The van der Waals surface area contributed by atoms with E-state index in [0.29, 0.717) is 22.3 Å². The first kappa shape index (κ1) is 28.7. The second-order valence-electron chi connectivity index (χ2n) is 8.42. The van der Waals surface area contributed by atoms with Gasteiger partial charge in [-0.2, -0.15) is 0 Å². The Morgan fingerprint density at radius 3 is 2.03 bits per heavy atom. The van der Waals surface area contributed by atoms with Crippen LogP contribution in [0.1, 0.15) is 22.3 Å². The number of hydrogen-bond acceptors (Lipinski definition) is 6. The number of aliphatic hydroxyl groups excluding tert-OH is 1. The summed E-state index contributed by atoms with van der Waals surface area (Å²) in [4.78, 5) is 25.8. The summed E-state index contributed by atoms with van der Waals surface area (Å²) < 4.78 is 0. The minimum Gasteiger partial charge on any atom is -0.396 e. The summed E-state index contributed by atoms with van der Waals surface area (Å²) in [6.45, 7) is 0.190.